The number of thiophene rings is 1. The van der Waals surface area contributed by atoms with Crippen LogP contribution in [0.4, 0.5) is 4.79 Å². The van der Waals surface area contributed by atoms with Crippen LogP contribution < -0.4 is 10.6 Å². The molecule has 2 amide bonds. The molecule has 1 aromatic heterocycles. The highest BCUT2D eigenvalue weighted by Gasteiger charge is 2.20. The summed E-state index contributed by atoms with van der Waals surface area (Å²) in [5.41, 5.74) is 0.555. The van der Waals surface area contributed by atoms with Gasteiger partial charge in [0.25, 0.3) is 0 Å². The van der Waals surface area contributed by atoms with Crippen LogP contribution in [0.15, 0.2) is 46.7 Å². The molecule has 0 aliphatic carbocycles. The number of benzene rings is 1. The molecule has 2 aromatic rings. The molecule has 0 bridgehead atoms. The van der Waals surface area contributed by atoms with E-state index in [2.05, 4.69) is 10.6 Å². The van der Waals surface area contributed by atoms with E-state index < -0.39 is 10.0 Å². The maximum absolute atomic E-state index is 12.3. The number of hydrogen-bond acceptors (Lipinski definition) is 4. The van der Waals surface area contributed by atoms with Crippen LogP contribution in [-0.2, 0) is 23.0 Å². The lowest BCUT2D eigenvalue weighted by Gasteiger charge is -2.15. The van der Waals surface area contributed by atoms with Crippen molar-refractivity contribution in [1.82, 2.24) is 14.9 Å². The van der Waals surface area contributed by atoms with Crippen LogP contribution in [0.1, 0.15) is 10.4 Å². The van der Waals surface area contributed by atoms with Gasteiger partial charge in [-0.15, -0.1) is 11.3 Å². The van der Waals surface area contributed by atoms with Crippen LogP contribution >= 0.6 is 11.3 Å². The Morgan fingerprint density at radius 2 is 1.88 bits per heavy atom. The molecular formula is C16H21N3O3S2. The number of amides is 2. The number of rotatable bonds is 7. The maximum Gasteiger partial charge on any atom is 0.315 e. The van der Waals surface area contributed by atoms with Crippen molar-refractivity contribution in [3.63, 3.8) is 0 Å². The van der Waals surface area contributed by atoms with Gasteiger partial charge in [0.05, 0.1) is 4.90 Å². The van der Waals surface area contributed by atoms with Gasteiger partial charge in [-0.2, -0.15) is 0 Å². The van der Waals surface area contributed by atoms with Crippen LogP contribution in [0.2, 0.25) is 0 Å². The first kappa shape index (κ1) is 18.4. The molecule has 24 heavy (non-hydrogen) atoms. The van der Waals surface area contributed by atoms with Crippen LogP contribution in [0.3, 0.4) is 0 Å². The number of nitrogens with zero attached hydrogens (tertiary/aromatic N) is 1. The quantitative estimate of drug-likeness (QED) is 0.786. The van der Waals surface area contributed by atoms with Gasteiger partial charge in [0, 0.05) is 32.1 Å². The molecule has 8 heteroatoms. The Hall–Kier alpha value is -1.90. The average Bonchev–Trinajstić information content (AvgIpc) is 3.06. The van der Waals surface area contributed by atoms with Crippen LogP contribution in [-0.4, -0.2) is 39.4 Å². The Balaban J connectivity index is 1.91. The monoisotopic (exact) mass is 367 g/mol. The van der Waals surface area contributed by atoms with Crippen molar-refractivity contribution in [2.75, 3.05) is 20.6 Å². The summed E-state index contributed by atoms with van der Waals surface area (Å²) in [6.45, 7) is 0.679. The van der Waals surface area contributed by atoms with Crippen LogP contribution in [0.25, 0.3) is 0 Å². The van der Waals surface area contributed by atoms with E-state index in [4.69, 9.17) is 0 Å². The first-order chi connectivity index (χ1) is 11.4. The number of nitrogens with one attached hydrogen (secondary N) is 2. The molecule has 0 saturated carbocycles. The summed E-state index contributed by atoms with van der Waals surface area (Å²) in [4.78, 5) is 13.3. The maximum atomic E-state index is 12.3. The average molecular weight is 367 g/mol. The van der Waals surface area contributed by atoms with E-state index in [1.807, 2.05) is 17.5 Å². The second-order valence-corrected chi connectivity index (χ2v) is 8.49. The third kappa shape index (κ3) is 4.80. The zero-order valence-corrected chi connectivity index (χ0v) is 15.3. The van der Waals surface area contributed by atoms with Crippen molar-refractivity contribution in [2.45, 2.75) is 17.9 Å². The van der Waals surface area contributed by atoms with Crippen molar-refractivity contribution in [2.24, 2.45) is 0 Å². The fourth-order valence-corrected chi connectivity index (χ4v) is 3.91. The van der Waals surface area contributed by atoms with Gasteiger partial charge in [-0.05, 0) is 29.5 Å². The lowest BCUT2D eigenvalue weighted by atomic mass is 10.2. The summed E-state index contributed by atoms with van der Waals surface area (Å²) in [5.74, 6) is 0. The van der Waals surface area contributed by atoms with Crippen molar-refractivity contribution in [1.29, 1.82) is 0 Å². The van der Waals surface area contributed by atoms with Gasteiger partial charge in [-0.1, -0.05) is 24.3 Å². The fourth-order valence-electron chi connectivity index (χ4n) is 2.09. The minimum Gasteiger partial charge on any atom is -0.338 e. The normalized spacial score (nSPS) is 11.5. The van der Waals surface area contributed by atoms with E-state index in [1.54, 1.807) is 35.6 Å². The van der Waals surface area contributed by atoms with E-state index in [0.717, 1.165) is 10.7 Å². The molecule has 0 atom stereocenters. The predicted octanol–water partition coefficient (Wildman–Crippen LogP) is 2.04. The van der Waals surface area contributed by atoms with Gasteiger partial charge >= 0.3 is 6.03 Å². The third-order valence-electron chi connectivity index (χ3n) is 3.41. The Morgan fingerprint density at radius 3 is 2.54 bits per heavy atom. The fraction of sp³-hybridized carbons (Fsp3) is 0.312. The first-order valence-electron chi connectivity index (χ1n) is 7.46. The molecule has 0 aliphatic heterocycles. The number of carbonyl (C=O) groups is 1. The molecule has 2 N–H and O–H groups in total. The molecular weight excluding hydrogens is 346 g/mol. The van der Waals surface area contributed by atoms with Gasteiger partial charge in [-0.25, -0.2) is 17.5 Å². The molecule has 2 rings (SSSR count). The standard InChI is InChI=1S/C16H21N3O3S2/c1-19(2)24(21,22)15-8-4-3-6-13(15)12-18-16(20)17-10-9-14-7-5-11-23-14/h3-8,11H,9-10,12H2,1-2H3,(H2,17,18,20). The molecule has 0 aliphatic rings. The summed E-state index contributed by atoms with van der Waals surface area (Å²) in [6, 6.07) is 10.3. The predicted molar refractivity (Wildman–Crippen MR) is 95.6 cm³/mol. The van der Waals surface area contributed by atoms with Crippen molar-refractivity contribution >= 4 is 27.4 Å². The summed E-state index contributed by atoms with van der Waals surface area (Å²) in [7, 11) is -0.573. The van der Waals surface area contributed by atoms with Gasteiger partial charge in [-0.3, -0.25) is 0 Å². The summed E-state index contributed by atoms with van der Waals surface area (Å²) >= 11 is 1.65. The Kier molecular flexibility index (Phi) is 6.36. The third-order valence-corrected chi connectivity index (χ3v) is 6.26. The van der Waals surface area contributed by atoms with Crippen LogP contribution in [0, 0.1) is 0 Å². The highest BCUT2D eigenvalue weighted by atomic mass is 32.2. The van der Waals surface area contributed by atoms with Gasteiger partial charge in [0.1, 0.15) is 0 Å². The van der Waals surface area contributed by atoms with Crippen molar-refractivity contribution < 1.29 is 13.2 Å². The lowest BCUT2D eigenvalue weighted by Crippen LogP contribution is -2.36. The SMILES string of the molecule is CN(C)S(=O)(=O)c1ccccc1CNC(=O)NCCc1cccs1. The molecule has 0 fully saturated rings. The summed E-state index contributed by atoms with van der Waals surface area (Å²) in [5, 5.41) is 7.47. The highest BCUT2D eigenvalue weighted by Crippen LogP contribution is 2.18. The summed E-state index contributed by atoms with van der Waals surface area (Å²) < 4.78 is 25.8. The van der Waals surface area contributed by atoms with E-state index in [1.165, 1.54) is 19.0 Å². The largest absolute Gasteiger partial charge is 0.338 e. The number of hydrogen-bond donors (Lipinski definition) is 2. The van der Waals surface area contributed by atoms with Crippen molar-refractivity contribution in [3.8, 4) is 0 Å². The number of carbonyl (C=O) groups excluding carboxylic acids is 1. The topological polar surface area (TPSA) is 78.5 Å². The highest BCUT2D eigenvalue weighted by molar-refractivity contribution is 7.89. The minimum absolute atomic E-state index is 0.147. The molecule has 6 nitrogen and oxygen atoms in total. The zero-order valence-electron chi connectivity index (χ0n) is 13.7. The van der Waals surface area contributed by atoms with E-state index in [0.29, 0.717) is 12.1 Å². The molecule has 0 saturated heterocycles. The van der Waals surface area contributed by atoms with Gasteiger partial charge in [0.15, 0.2) is 0 Å². The Morgan fingerprint density at radius 1 is 1.12 bits per heavy atom. The Labute approximate surface area is 146 Å². The van der Waals surface area contributed by atoms with E-state index >= 15 is 0 Å². The Bertz CT molecular complexity index is 772. The molecule has 0 spiro atoms. The molecule has 1 heterocycles. The number of sulfonamides is 1. The molecule has 130 valence electrons. The smallest absolute Gasteiger partial charge is 0.315 e. The summed E-state index contributed by atoms with van der Waals surface area (Å²) in [6.07, 6.45) is 0.774. The molecule has 1 aromatic carbocycles. The van der Waals surface area contributed by atoms with Crippen LogP contribution in [0.5, 0.6) is 0 Å². The van der Waals surface area contributed by atoms with Gasteiger partial charge < -0.3 is 10.6 Å². The lowest BCUT2D eigenvalue weighted by molar-refractivity contribution is 0.240. The molecule has 0 radical (unpaired) electrons. The van der Waals surface area contributed by atoms with E-state index in [9.17, 15) is 13.2 Å². The second-order valence-electron chi connectivity index (χ2n) is 5.33. The van der Waals surface area contributed by atoms with Gasteiger partial charge in [0.2, 0.25) is 10.0 Å². The minimum atomic E-state index is -3.54. The zero-order chi connectivity index (χ0) is 17.6. The van der Waals surface area contributed by atoms with E-state index in [-0.39, 0.29) is 17.5 Å². The first-order valence-corrected chi connectivity index (χ1v) is 9.78. The molecule has 0 unspecified atom stereocenters. The number of urea groups is 1. The second kappa shape index (κ2) is 8.27. The van der Waals surface area contributed by atoms with Crippen molar-refractivity contribution in [3.05, 3.63) is 52.2 Å².